The lowest BCUT2D eigenvalue weighted by Gasteiger charge is -2.07. The summed E-state index contributed by atoms with van der Waals surface area (Å²) in [6.45, 7) is 2.04. The zero-order valence-electron chi connectivity index (χ0n) is 9.85. The number of nitrogens with zero attached hydrogens (tertiary/aromatic N) is 4. The Morgan fingerprint density at radius 1 is 1.50 bits per heavy atom. The number of imidazole rings is 1. The van der Waals surface area contributed by atoms with Crippen LogP contribution >= 0.6 is 7.37 Å². The topological polar surface area (TPSA) is 116 Å². The second-order valence-corrected chi connectivity index (χ2v) is 6.32. The fraction of sp³-hybridized carbons (Fsp3) is 0.444. The molecular weight excluding hydrogens is 257 g/mol. The van der Waals surface area contributed by atoms with Crippen LogP contribution in [0.1, 0.15) is 0 Å². The van der Waals surface area contributed by atoms with Crippen molar-refractivity contribution in [1.82, 2.24) is 19.5 Å². The third-order valence-electron chi connectivity index (χ3n) is 2.24. The number of nitrogens with two attached hydrogens (primary N) is 1. The molecule has 0 bridgehead atoms. The van der Waals surface area contributed by atoms with Gasteiger partial charge in [0, 0.05) is 13.2 Å². The van der Waals surface area contributed by atoms with Gasteiger partial charge in [0.2, 0.25) is 7.37 Å². The Bertz CT molecular complexity index is 593. The number of anilines is 1. The molecule has 98 valence electrons. The molecule has 3 N–H and O–H groups in total. The van der Waals surface area contributed by atoms with Crippen LogP contribution in [0.5, 0.6) is 0 Å². The molecule has 2 rings (SSSR count). The van der Waals surface area contributed by atoms with Crippen molar-refractivity contribution in [2.75, 3.05) is 25.4 Å². The molecule has 0 aliphatic rings. The summed E-state index contributed by atoms with van der Waals surface area (Å²) in [6.07, 6.45) is 2.80. The van der Waals surface area contributed by atoms with Crippen LogP contribution in [-0.2, 0) is 15.8 Å². The Morgan fingerprint density at radius 3 is 3.00 bits per heavy atom. The van der Waals surface area contributed by atoms with E-state index in [0.717, 1.165) is 0 Å². The lowest BCUT2D eigenvalue weighted by Crippen LogP contribution is -2.07. The van der Waals surface area contributed by atoms with Gasteiger partial charge in [0.25, 0.3) is 0 Å². The van der Waals surface area contributed by atoms with Crippen LogP contribution in [0.3, 0.4) is 0 Å². The average molecular weight is 271 g/mol. The summed E-state index contributed by atoms with van der Waals surface area (Å²) in [5.41, 5.74) is 6.82. The Labute approximate surface area is 103 Å². The highest BCUT2D eigenvalue weighted by molar-refractivity contribution is 7.56. The van der Waals surface area contributed by atoms with Crippen LogP contribution < -0.4 is 5.73 Å². The number of aromatic nitrogens is 4. The van der Waals surface area contributed by atoms with Gasteiger partial charge in [-0.3, -0.25) is 4.57 Å². The number of ether oxygens (including phenoxy) is 1. The molecule has 2 heterocycles. The molecule has 0 saturated carbocycles. The van der Waals surface area contributed by atoms with Crippen molar-refractivity contribution in [2.24, 2.45) is 0 Å². The summed E-state index contributed by atoms with van der Waals surface area (Å²) >= 11 is 0. The van der Waals surface area contributed by atoms with E-state index in [1.54, 1.807) is 10.9 Å². The lowest BCUT2D eigenvalue weighted by atomic mass is 10.5. The minimum Gasteiger partial charge on any atom is -0.382 e. The largest absolute Gasteiger partial charge is 0.382 e. The van der Waals surface area contributed by atoms with Crippen molar-refractivity contribution < 1.29 is 14.2 Å². The molecule has 0 aliphatic heterocycles. The van der Waals surface area contributed by atoms with Crippen LogP contribution in [0.15, 0.2) is 12.7 Å². The summed E-state index contributed by atoms with van der Waals surface area (Å²) in [4.78, 5) is 21.1. The van der Waals surface area contributed by atoms with Crippen molar-refractivity contribution in [3.05, 3.63) is 12.7 Å². The molecule has 0 aliphatic carbocycles. The Morgan fingerprint density at radius 2 is 2.28 bits per heavy atom. The van der Waals surface area contributed by atoms with Crippen LogP contribution in [0.4, 0.5) is 5.82 Å². The van der Waals surface area contributed by atoms with Crippen LogP contribution in [0.25, 0.3) is 11.2 Å². The van der Waals surface area contributed by atoms with Crippen molar-refractivity contribution in [2.45, 2.75) is 6.54 Å². The molecule has 0 amide bonds. The lowest BCUT2D eigenvalue weighted by molar-refractivity contribution is 0.160. The van der Waals surface area contributed by atoms with Crippen LogP contribution in [0.2, 0.25) is 0 Å². The van der Waals surface area contributed by atoms with E-state index in [0.29, 0.717) is 30.1 Å². The summed E-state index contributed by atoms with van der Waals surface area (Å²) < 4.78 is 17.9. The quantitative estimate of drug-likeness (QED) is 0.592. The number of hydrogen-bond acceptors (Lipinski definition) is 6. The molecule has 0 radical (unpaired) electrons. The standard InChI is InChI=1S/C9H14N5O3P/c1-18(15,16)6-17-3-2-14-5-13-7-8(10)11-4-12-9(7)14/h4-5H,2-3,6H2,1H3,(H,15,16)(H2,10,11,12). The van der Waals surface area contributed by atoms with Crippen molar-refractivity contribution in [3.63, 3.8) is 0 Å². The Hall–Kier alpha value is -1.50. The van der Waals surface area contributed by atoms with Gasteiger partial charge >= 0.3 is 0 Å². The van der Waals surface area contributed by atoms with Crippen molar-refractivity contribution in [3.8, 4) is 0 Å². The SMILES string of the molecule is CP(=O)(O)COCCn1cnc2c(N)ncnc21. The van der Waals surface area contributed by atoms with E-state index in [-0.39, 0.29) is 6.35 Å². The molecule has 8 nitrogen and oxygen atoms in total. The molecule has 18 heavy (non-hydrogen) atoms. The minimum atomic E-state index is -3.12. The van der Waals surface area contributed by atoms with Crippen molar-refractivity contribution >= 4 is 24.4 Å². The molecule has 1 unspecified atom stereocenters. The maximum atomic E-state index is 11.0. The summed E-state index contributed by atoms with van der Waals surface area (Å²) in [5, 5.41) is 0. The van der Waals surface area contributed by atoms with E-state index < -0.39 is 7.37 Å². The first kappa shape index (κ1) is 12.9. The first-order valence-corrected chi connectivity index (χ1v) is 7.55. The molecule has 0 saturated heterocycles. The third kappa shape index (κ3) is 3.04. The summed E-state index contributed by atoms with van der Waals surface area (Å²) in [5.74, 6) is 0.327. The average Bonchev–Trinajstić information content (AvgIpc) is 2.68. The fourth-order valence-electron chi connectivity index (χ4n) is 1.46. The maximum Gasteiger partial charge on any atom is 0.222 e. The highest BCUT2D eigenvalue weighted by Crippen LogP contribution is 2.34. The highest BCUT2D eigenvalue weighted by Gasteiger charge is 2.10. The number of hydrogen-bond donors (Lipinski definition) is 2. The van der Waals surface area contributed by atoms with Gasteiger partial charge in [-0.2, -0.15) is 0 Å². The van der Waals surface area contributed by atoms with Gasteiger partial charge in [0.05, 0.1) is 12.9 Å². The van der Waals surface area contributed by atoms with Gasteiger partial charge in [0.1, 0.15) is 18.2 Å². The number of rotatable bonds is 5. The van der Waals surface area contributed by atoms with Gasteiger partial charge in [-0.25, -0.2) is 15.0 Å². The highest BCUT2D eigenvalue weighted by atomic mass is 31.2. The van der Waals surface area contributed by atoms with E-state index in [1.165, 1.54) is 13.0 Å². The molecular formula is C9H14N5O3P. The Kier molecular flexibility index (Phi) is 3.60. The fourth-order valence-corrected chi connectivity index (χ4v) is 1.93. The molecule has 2 aromatic rings. The van der Waals surface area contributed by atoms with Gasteiger partial charge in [-0.15, -0.1) is 0 Å². The van der Waals surface area contributed by atoms with E-state index in [9.17, 15) is 4.57 Å². The van der Waals surface area contributed by atoms with Gasteiger partial charge in [-0.1, -0.05) is 0 Å². The summed E-state index contributed by atoms with van der Waals surface area (Å²) in [6, 6.07) is 0. The smallest absolute Gasteiger partial charge is 0.222 e. The van der Waals surface area contributed by atoms with Gasteiger partial charge in [-0.05, 0) is 0 Å². The van der Waals surface area contributed by atoms with Crippen LogP contribution in [-0.4, -0.2) is 44.0 Å². The number of nitrogen functional groups attached to an aromatic ring is 1. The second-order valence-electron chi connectivity index (χ2n) is 3.96. The molecule has 9 heteroatoms. The van der Waals surface area contributed by atoms with Crippen molar-refractivity contribution in [1.29, 1.82) is 0 Å². The zero-order chi connectivity index (χ0) is 13.2. The van der Waals surface area contributed by atoms with Gasteiger partial charge < -0.3 is 19.9 Å². The Balaban J connectivity index is 2.00. The molecule has 1 atom stereocenters. The summed E-state index contributed by atoms with van der Waals surface area (Å²) in [7, 11) is -3.12. The van der Waals surface area contributed by atoms with E-state index in [1.807, 2.05) is 0 Å². The molecule has 0 fully saturated rings. The van der Waals surface area contributed by atoms with E-state index in [2.05, 4.69) is 15.0 Å². The number of fused-ring (bicyclic) bond motifs is 1. The predicted octanol–water partition coefficient (Wildman–Crippen LogP) is 0.283. The van der Waals surface area contributed by atoms with E-state index in [4.69, 9.17) is 15.4 Å². The first-order chi connectivity index (χ1) is 8.47. The second kappa shape index (κ2) is 5.01. The monoisotopic (exact) mass is 271 g/mol. The zero-order valence-corrected chi connectivity index (χ0v) is 10.7. The minimum absolute atomic E-state index is 0.156. The predicted molar refractivity (Wildman–Crippen MR) is 66.3 cm³/mol. The molecule has 0 spiro atoms. The molecule has 0 aromatic carbocycles. The van der Waals surface area contributed by atoms with Crippen LogP contribution in [0, 0.1) is 0 Å². The normalized spacial score (nSPS) is 14.8. The maximum absolute atomic E-state index is 11.0. The third-order valence-corrected chi connectivity index (χ3v) is 2.90. The molecule has 2 aromatic heterocycles. The van der Waals surface area contributed by atoms with Gasteiger partial charge in [0.15, 0.2) is 11.5 Å². The van der Waals surface area contributed by atoms with E-state index >= 15 is 0 Å². The first-order valence-electron chi connectivity index (χ1n) is 5.26.